The summed E-state index contributed by atoms with van der Waals surface area (Å²) in [7, 11) is 0. The molecule has 1 saturated heterocycles. The number of hydrogen-bond donors (Lipinski definition) is 2. The number of carbonyl (C=O) groups excluding carboxylic acids is 1. The third kappa shape index (κ3) is 5.10. The second-order valence-electron chi connectivity index (χ2n) is 8.23. The molecule has 176 valence electrons. The minimum absolute atomic E-state index is 0.234. The van der Waals surface area contributed by atoms with E-state index in [4.69, 9.17) is 9.72 Å². The monoisotopic (exact) mass is 467 g/mol. The molecule has 0 saturated carbocycles. The van der Waals surface area contributed by atoms with Gasteiger partial charge in [0, 0.05) is 47.7 Å². The number of morpholine rings is 1. The maximum absolute atomic E-state index is 12.0. The molecule has 35 heavy (non-hydrogen) atoms. The molecule has 2 N–H and O–H groups in total. The van der Waals surface area contributed by atoms with Crippen LogP contribution >= 0.6 is 0 Å². The Morgan fingerprint density at radius 3 is 2.66 bits per heavy atom. The Bertz CT molecular complexity index is 1380. The second kappa shape index (κ2) is 9.86. The van der Waals surface area contributed by atoms with Crippen LogP contribution in [0.1, 0.15) is 6.92 Å². The van der Waals surface area contributed by atoms with Crippen LogP contribution in [-0.4, -0.2) is 52.1 Å². The number of benzene rings is 1. The van der Waals surface area contributed by atoms with Crippen LogP contribution in [0.4, 0.5) is 23.1 Å². The van der Waals surface area contributed by atoms with Crippen LogP contribution in [0.5, 0.6) is 0 Å². The van der Waals surface area contributed by atoms with Gasteiger partial charge in [-0.2, -0.15) is 0 Å². The third-order valence-electron chi connectivity index (χ3n) is 5.63. The zero-order chi connectivity index (χ0) is 24.2. The molecule has 3 aromatic heterocycles. The maximum atomic E-state index is 12.0. The molecule has 9 heteroatoms. The summed E-state index contributed by atoms with van der Waals surface area (Å²) in [6.45, 7) is 8.45. The standard InChI is InChI=1S/C26H25N7O2/c1-17(2)25(34)30-19-8-9-27-22(14-19)21-5-3-4-18-15-29-26(32-24(18)21)31-20-6-7-23(28-16-20)33-10-12-35-13-11-33/h3-9,14-16H,1,10-13H2,2H3,(H,27,30,34)(H,29,31,32). The van der Waals surface area contributed by atoms with E-state index in [0.29, 0.717) is 36.1 Å². The fourth-order valence-corrected chi connectivity index (χ4v) is 3.78. The number of nitrogens with zero attached hydrogens (tertiary/aromatic N) is 5. The van der Waals surface area contributed by atoms with Crippen LogP contribution in [-0.2, 0) is 9.53 Å². The highest BCUT2D eigenvalue weighted by atomic mass is 16.5. The highest BCUT2D eigenvalue weighted by Gasteiger charge is 2.13. The Hall–Kier alpha value is -4.37. The second-order valence-corrected chi connectivity index (χ2v) is 8.23. The number of rotatable bonds is 6. The van der Waals surface area contributed by atoms with Crippen LogP contribution in [0.3, 0.4) is 0 Å². The van der Waals surface area contributed by atoms with Gasteiger partial charge in [0.2, 0.25) is 5.95 Å². The van der Waals surface area contributed by atoms with Gasteiger partial charge in [-0.15, -0.1) is 0 Å². The van der Waals surface area contributed by atoms with E-state index in [1.807, 2.05) is 36.4 Å². The van der Waals surface area contributed by atoms with Crippen molar-refractivity contribution in [2.24, 2.45) is 0 Å². The number of anilines is 4. The van der Waals surface area contributed by atoms with Gasteiger partial charge in [0.25, 0.3) is 5.91 Å². The Kier molecular flexibility index (Phi) is 6.32. The third-order valence-corrected chi connectivity index (χ3v) is 5.63. The van der Waals surface area contributed by atoms with Crippen LogP contribution in [0.2, 0.25) is 0 Å². The molecular weight excluding hydrogens is 442 g/mol. The first kappa shape index (κ1) is 22.4. The molecule has 1 amide bonds. The molecule has 5 rings (SSSR count). The van der Waals surface area contributed by atoms with E-state index >= 15 is 0 Å². The molecule has 0 aliphatic carbocycles. The molecule has 1 aliphatic rings. The maximum Gasteiger partial charge on any atom is 0.250 e. The molecule has 4 heterocycles. The van der Waals surface area contributed by atoms with Crippen molar-refractivity contribution in [1.29, 1.82) is 0 Å². The predicted molar refractivity (Wildman–Crippen MR) is 137 cm³/mol. The number of amides is 1. The highest BCUT2D eigenvalue weighted by Crippen LogP contribution is 2.28. The van der Waals surface area contributed by atoms with Gasteiger partial charge >= 0.3 is 0 Å². The number of aromatic nitrogens is 4. The van der Waals surface area contributed by atoms with Gasteiger partial charge in [0.1, 0.15) is 5.82 Å². The van der Waals surface area contributed by atoms with Crippen molar-refractivity contribution in [3.63, 3.8) is 0 Å². The number of fused-ring (bicyclic) bond motifs is 1. The first-order chi connectivity index (χ1) is 17.1. The lowest BCUT2D eigenvalue weighted by Gasteiger charge is -2.27. The van der Waals surface area contributed by atoms with E-state index in [1.165, 1.54) is 0 Å². The molecule has 0 spiro atoms. The number of hydrogen-bond acceptors (Lipinski definition) is 8. The van der Waals surface area contributed by atoms with Crippen LogP contribution in [0.15, 0.2) is 73.2 Å². The van der Waals surface area contributed by atoms with Gasteiger partial charge in [-0.1, -0.05) is 24.8 Å². The fraction of sp³-hybridized carbons (Fsp3) is 0.192. The summed E-state index contributed by atoms with van der Waals surface area (Å²) in [4.78, 5) is 32.5. The van der Waals surface area contributed by atoms with Crippen LogP contribution in [0, 0.1) is 0 Å². The molecule has 0 atom stereocenters. The number of nitrogens with one attached hydrogen (secondary N) is 2. The molecule has 0 unspecified atom stereocenters. The summed E-state index contributed by atoms with van der Waals surface area (Å²) in [5.41, 5.74) is 4.14. The van der Waals surface area contributed by atoms with E-state index in [2.05, 4.69) is 37.1 Å². The Balaban J connectivity index is 1.41. The van der Waals surface area contributed by atoms with Gasteiger partial charge < -0.3 is 20.3 Å². The molecule has 1 aromatic carbocycles. The molecule has 0 bridgehead atoms. The highest BCUT2D eigenvalue weighted by molar-refractivity contribution is 6.03. The van der Waals surface area contributed by atoms with Gasteiger partial charge in [0.15, 0.2) is 0 Å². The van der Waals surface area contributed by atoms with Crippen molar-refractivity contribution in [2.75, 3.05) is 41.8 Å². The summed E-state index contributed by atoms with van der Waals surface area (Å²) in [6, 6.07) is 13.3. The Morgan fingerprint density at radius 2 is 1.89 bits per heavy atom. The first-order valence-electron chi connectivity index (χ1n) is 11.3. The summed E-state index contributed by atoms with van der Waals surface area (Å²) < 4.78 is 5.41. The summed E-state index contributed by atoms with van der Waals surface area (Å²) in [5.74, 6) is 1.14. The minimum atomic E-state index is -0.234. The van der Waals surface area contributed by atoms with Gasteiger partial charge in [-0.25, -0.2) is 15.0 Å². The molecule has 9 nitrogen and oxygen atoms in total. The zero-order valence-corrected chi connectivity index (χ0v) is 19.4. The number of ether oxygens (including phenoxy) is 1. The average molecular weight is 468 g/mol. The van der Waals surface area contributed by atoms with E-state index in [-0.39, 0.29) is 5.91 Å². The lowest BCUT2D eigenvalue weighted by atomic mass is 10.1. The quantitative estimate of drug-likeness (QED) is 0.407. The van der Waals surface area contributed by atoms with Crippen LogP contribution in [0.25, 0.3) is 22.2 Å². The Morgan fingerprint density at radius 1 is 1.03 bits per heavy atom. The average Bonchev–Trinajstić information content (AvgIpc) is 2.89. The minimum Gasteiger partial charge on any atom is -0.378 e. The molecule has 1 aliphatic heterocycles. The van der Waals surface area contributed by atoms with Gasteiger partial charge in [-0.3, -0.25) is 9.78 Å². The van der Waals surface area contributed by atoms with Crippen molar-refractivity contribution in [1.82, 2.24) is 19.9 Å². The molecule has 0 radical (unpaired) electrons. The van der Waals surface area contributed by atoms with Gasteiger partial charge in [0.05, 0.1) is 36.3 Å². The zero-order valence-electron chi connectivity index (χ0n) is 19.4. The lowest BCUT2D eigenvalue weighted by molar-refractivity contribution is -0.112. The van der Waals surface area contributed by atoms with Crippen LogP contribution < -0.4 is 15.5 Å². The van der Waals surface area contributed by atoms with Crippen molar-refractivity contribution in [2.45, 2.75) is 6.92 Å². The predicted octanol–water partition coefficient (Wildman–Crippen LogP) is 4.18. The number of carbonyl (C=O) groups is 1. The topological polar surface area (TPSA) is 105 Å². The lowest BCUT2D eigenvalue weighted by Crippen LogP contribution is -2.36. The van der Waals surface area contributed by atoms with E-state index in [0.717, 1.165) is 41.1 Å². The number of pyridine rings is 2. The molecular formula is C26H25N7O2. The normalized spacial score (nSPS) is 13.5. The van der Waals surface area contributed by atoms with E-state index in [9.17, 15) is 4.79 Å². The summed E-state index contributed by atoms with van der Waals surface area (Å²) >= 11 is 0. The number of para-hydroxylation sites is 1. The first-order valence-corrected chi connectivity index (χ1v) is 11.3. The van der Waals surface area contributed by atoms with E-state index < -0.39 is 0 Å². The molecule has 1 fully saturated rings. The van der Waals surface area contributed by atoms with Crippen molar-refractivity contribution >= 4 is 40.0 Å². The van der Waals surface area contributed by atoms with Crippen molar-refractivity contribution in [3.05, 3.63) is 73.2 Å². The van der Waals surface area contributed by atoms with Crippen molar-refractivity contribution < 1.29 is 9.53 Å². The van der Waals surface area contributed by atoms with E-state index in [1.54, 1.807) is 31.6 Å². The fourth-order valence-electron chi connectivity index (χ4n) is 3.78. The molecule has 4 aromatic rings. The summed E-state index contributed by atoms with van der Waals surface area (Å²) in [5, 5.41) is 6.95. The largest absolute Gasteiger partial charge is 0.378 e. The summed E-state index contributed by atoms with van der Waals surface area (Å²) in [6.07, 6.45) is 5.21. The SMILES string of the molecule is C=C(C)C(=O)Nc1ccnc(-c2cccc3cnc(Nc4ccc(N5CCOCC5)nc4)nc23)c1. The smallest absolute Gasteiger partial charge is 0.250 e. The van der Waals surface area contributed by atoms with Gasteiger partial charge in [-0.05, 0) is 31.2 Å². The van der Waals surface area contributed by atoms with Crippen molar-refractivity contribution in [3.8, 4) is 11.3 Å². The Labute approximate surface area is 202 Å².